The van der Waals surface area contributed by atoms with E-state index in [1.165, 1.54) is 24.3 Å². The average Bonchev–Trinajstić information content (AvgIpc) is 2.85. The summed E-state index contributed by atoms with van der Waals surface area (Å²) in [4.78, 5) is 17.0. The Morgan fingerprint density at radius 2 is 1.40 bits per heavy atom. The molecule has 35 heavy (non-hydrogen) atoms. The average molecular weight is 474 g/mol. The van der Waals surface area contributed by atoms with Crippen LogP contribution in [0.5, 0.6) is 0 Å². The molecule has 1 unspecified atom stereocenters. The number of halogens is 2. The summed E-state index contributed by atoms with van der Waals surface area (Å²) in [5, 5.41) is 13.8. The van der Waals surface area contributed by atoms with Crippen molar-refractivity contribution in [2.45, 2.75) is 25.9 Å². The minimum Gasteiger partial charge on any atom is -0.351 e. The topological polar surface area (TPSA) is 61.4 Å². The molecule has 1 aromatic heterocycles. The third kappa shape index (κ3) is 4.51. The Morgan fingerprint density at radius 3 is 2.03 bits per heavy atom. The number of amides is 2. The first-order valence-corrected chi connectivity index (χ1v) is 11.5. The van der Waals surface area contributed by atoms with Crippen LogP contribution in [-0.2, 0) is 0 Å². The van der Waals surface area contributed by atoms with Gasteiger partial charge in [0.05, 0.1) is 0 Å². The molecule has 3 aromatic carbocycles. The second kappa shape index (κ2) is 9.29. The molecule has 6 nitrogen and oxygen atoms in total. The standard InChI is InChI=1S/C27H25F2N5O/c1-17-15-33(16-18(2)34(17)27(35)30-22-13-11-21(29)12-14-22)26-24-6-4-3-5-23(24)25(31-32-26)19-7-9-20(28)10-8-19/h3-14,17-18H,15-16H2,1-2H3,(H,30,35)/t17-,18?/m0/s1. The Hall–Kier alpha value is -4.07. The number of nitrogens with one attached hydrogen (secondary N) is 1. The van der Waals surface area contributed by atoms with Crippen molar-refractivity contribution < 1.29 is 13.6 Å². The molecule has 2 atom stereocenters. The highest BCUT2D eigenvalue weighted by atomic mass is 19.1. The fourth-order valence-corrected chi connectivity index (χ4v) is 4.76. The van der Waals surface area contributed by atoms with Crippen LogP contribution in [0.2, 0.25) is 0 Å². The van der Waals surface area contributed by atoms with Crippen molar-refractivity contribution in [1.29, 1.82) is 0 Å². The number of nitrogens with zero attached hydrogens (tertiary/aromatic N) is 4. The van der Waals surface area contributed by atoms with Crippen molar-refractivity contribution in [3.8, 4) is 11.3 Å². The SMILES string of the molecule is CC1CN(c2nnc(-c3ccc(F)cc3)c3ccccc23)C[C@H](C)N1C(=O)Nc1ccc(F)cc1. The number of anilines is 2. The molecule has 0 radical (unpaired) electrons. The van der Waals surface area contributed by atoms with Crippen molar-refractivity contribution in [2.24, 2.45) is 0 Å². The van der Waals surface area contributed by atoms with E-state index >= 15 is 0 Å². The highest BCUT2D eigenvalue weighted by molar-refractivity contribution is 6.00. The molecule has 0 spiro atoms. The van der Waals surface area contributed by atoms with Crippen LogP contribution < -0.4 is 10.2 Å². The molecule has 2 heterocycles. The molecular formula is C27H25F2N5O. The van der Waals surface area contributed by atoms with Crippen LogP contribution in [0.1, 0.15) is 13.8 Å². The summed E-state index contributed by atoms with van der Waals surface area (Å²) in [6.07, 6.45) is 0. The molecule has 1 saturated heterocycles. The predicted octanol–water partition coefficient (Wildman–Crippen LogP) is 5.71. The maximum Gasteiger partial charge on any atom is 0.322 e. The molecule has 8 heteroatoms. The zero-order valence-electron chi connectivity index (χ0n) is 19.5. The maximum atomic E-state index is 13.4. The Morgan fingerprint density at radius 1 is 0.829 bits per heavy atom. The van der Waals surface area contributed by atoms with Gasteiger partial charge in [0, 0.05) is 47.2 Å². The number of hydrogen-bond donors (Lipinski definition) is 1. The van der Waals surface area contributed by atoms with Gasteiger partial charge in [-0.05, 0) is 62.4 Å². The van der Waals surface area contributed by atoms with E-state index in [1.54, 1.807) is 24.3 Å². The van der Waals surface area contributed by atoms with Gasteiger partial charge in [-0.1, -0.05) is 24.3 Å². The van der Waals surface area contributed by atoms with Gasteiger partial charge in [0.25, 0.3) is 0 Å². The van der Waals surface area contributed by atoms with Crippen molar-refractivity contribution in [3.63, 3.8) is 0 Å². The molecule has 0 saturated carbocycles. The van der Waals surface area contributed by atoms with Crippen LogP contribution in [0.3, 0.4) is 0 Å². The Balaban J connectivity index is 1.40. The van der Waals surface area contributed by atoms with Crippen LogP contribution in [0.25, 0.3) is 22.0 Å². The van der Waals surface area contributed by atoms with Gasteiger partial charge >= 0.3 is 6.03 Å². The van der Waals surface area contributed by atoms with E-state index in [2.05, 4.69) is 20.4 Å². The smallest absolute Gasteiger partial charge is 0.322 e. The van der Waals surface area contributed by atoms with Crippen molar-refractivity contribution in [2.75, 3.05) is 23.3 Å². The fraction of sp³-hybridized carbons (Fsp3) is 0.222. The van der Waals surface area contributed by atoms with E-state index in [1.807, 2.05) is 43.0 Å². The lowest BCUT2D eigenvalue weighted by Gasteiger charge is -2.44. The second-order valence-corrected chi connectivity index (χ2v) is 8.87. The zero-order valence-corrected chi connectivity index (χ0v) is 19.5. The number of fused-ring (bicyclic) bond motifs is 1. The highest BCUT2D eigenvalue weighted by Gasteiger charge is 2.34. The second-order valence-electron chi connectivity index (χ2n) is 8.87. The summed E-state index contributed by atoms with van der Waals surface area (Å²) in [5.41, 5.74) is 2.04. The first-order chi connectivity index (χ1) is 16.9. The number of hydrogen-bond acceptors (Lipinski definition) is 4. The van der Waals surface area contributed by atoms with Gasteiger partial charge in [-0.2, -0.15) is 0 Å². The summed E-state index contributed by atoms with van der Waals surface area (Å²) in [6.45, 7) is 5.15. The van der Waals surface area contributed by atoms with Crippen LogP contribution in [0.15, 0.2) is 72.8 Å². The van der Waals surface area contributed by atoms with Gasteiger partial charge in [0.15, 0.2) is 5.82 Å². The summed E-state index contributed by atoms with van der Waals surface area (Å²) >= 11 is 0. The van der Waals surface area contributed by atoms with E-state index in [0.29, 0.717) is 24.5 Å². The van der Waals surface area contributed by atoms with E-state index in [9.17, 15) is 13.6 Å². The molecule has 5 rings (SSSR count). The van der Waals surface area contributed by atoms with Gasteiger partial charge in [-0.15, -0.1) is 10.2 Å². The Bertz CT molecular complexity index is 1350. The van der Waals surface area contributed by atoms with Crippen molar-refractivity contribution >= 4 is 28.3 Å². The van der Waals surface area contributed by atoms with Crippen molar-refractivity contribution in [3.05, 3.63) is 84.4 Å². The number of aromatic nitrogens is 2. The Labute approximate surface area is 202 Å². The van der Waals surface area contributed by atoms with E-state index in [4.69, 9.17) is 0 Å². The van der Waals surface area contributed by atoms with Crippen LogP contribution in [-0.4, -0.2) is 46.3 Å². The zero-order chi connectivity index (χ0) is 24.5. The summed E-state index contributed by atoms with van der Waals surface area (Å²) in [7, 11) is 0. The number of piperazine rings is 1. The molecule has 1 aliphatic rings. The third-order valence-electron chi connectivity index (χ3n) is 6.33. The number of urea groups is 1. The van der Waals surface area contributed by atoms with E-state index in [-0.39, 0.29) is 29.7 Å². The largest absolute Gasteiger partial charge is 0.351 e. The minimum atomic E-state index is -0.350. The van der Waals surface area contributed by atoms with E-state index < -0.39 is 0 Å². The molecule has 1 N–H and O–H groups in total. The molecule has 0 bridgehead atoms. The lowest BCUT2D eigenvalue weighted by atomic mass is 10.0. The normalized spacial score (nSPS) is 18.1. The molecule has 2 amide bonds. The first kappa shape index (κ1) is 22.7. The summed E-state index contributed by atoms with van der Waals surface area (Å²) in [6, 6.07) is 19.4. The monoisotopic (exact) mass is 473 g/mol. The van der Waals surface area contributed by atoms with Gasteiger partial charge in [0.1, 0.15) is 17.3 Å². The number of benzene rings is 3. The third-order valence-corrected chi connectivity index (χ3v) is 6.33. The molecule has 1 aliphatic heterocycles. The molecular weight excluding hydrogens is 448 g/mol. The van der Waals surface area contributed by atoms with Gasteiger partial charge in [0.2, 0.25) is 0 Å². The predicted molar refractivity (Wildman–Crippen MR) is 133 cm³/mol. The van der Waals surface area contributed by atoms with Gasteiger partial charge in [-0.25, -0.2) is 13.6 Å². The quantitative estimate of drug-likeness (QED) is 0.414. The number of carbonyl (C=O) groups is 1. The number of rotatable bonds is 3. The van der Waals surface area contributed by atoms with Gasteiger partial charge in [-0.3, -0.25) is 0 Å². The van der Waals surface area contributed by atoms with E-state index in [0.717, 1.165) is 22.2 Å². The molecule has 178 valence electrons. The molecule has 0 aliphatic carbocycles. The summed E-state index contributed by atoms with van der Waals surface area (Å²) in [5.74, 6) is 0.104. The maximum absolute atomic E-state index is 13.4. The molecule has 4 aromatic rings. The Kier molecular flexibility index (Phi) is 6.03. The van der Waals surface area contributed by atoms with Gasteiger partial charge < -0.3 is 15.1 Å². The molecule has 1 fully saturated rings. The van der Waals surface area contributed by atoms with Crippen LogP contribution in [0, 0.1) is 11.6 Å². The van der Waals surface area contributed by atoms with Crippen LogP contribution in [0.4, 0.5) is 25.1 Å². The fourth-order valence-electron chi connectivity index (χ4n) is 4.76. The first-order valence-electron chi connectivity index (χ1n) is 11.5. The lowest BCUT2D eigenvalue weighted by molar-refractivity contribution is 0.153. The summed E-state index contributed by atoms with van der Waals surface area (Å²) < 4.78 is 26.6. The number of carbonyl (C=O) groups excluding carboxylic acids is 1. The minimum absolute atomic E-state index is 0.100. The van der Waals surface area contributed by atoms with Crippen LogP contribution >= 0.6 is 0 Å². The lowest BCUT2D eigenvalue weighted by Crippen LogP contribution is -2.60. The van der Waals surface area contributed by atoms with Crippen molar-refractivity contribution in [1.82, 2.24) is 15.1 Å². The highest BCUT2D eigenvalue weighted by Crippen LogP contribution is 2.33.